The van der Waals surface area contributed by atoms with Crippen LogP contribution in [0.25, 0.3) is 11.3 Å². The Hall–Kier alpha value is -2.28. The average Bonchev–Trinajstić information content (AvgIpc) is 2.46. The smallest absolute Gasteiger partial charge is 0.465 e. The lowest BCUT2D eigenvalue weighted by Crippen LogP contribution is -2.17. The van der Waals surface area contributed by atoms with Gasteiger partial charge in [0.15, 0.2) is 0 Å². The molecule has 0 aliphatic heterocycles. The number of halogens is 4. The van der Waals surface area contributed by atoms with Crippen molar-refractivity contribution in [1.82, 2.24) is 4.98 Å². The molecule has 0 saturated heterocycles. The quantitative estimate of drug-likeness (QED) is 0.795. The summed E-state index contributed by atoms with van der Waals surface area (Å²) in [6.45, 7) is 0. The summed E-state index contributed by atoms with van der Waals surface area (Å²) >= 11 is 6.06. The second-order valence-electron chi connectivity index (χ2n) is 4.06. The van der Waals surface area contributed by atoms with Crippen LogP contribution < -0.4 is 4.74 Å². The van der Waals surface area contributed by atoms with Crippen LogP contribution in [0, 0.1) is 0 Å². The van der Waals surface area contributed by atoms with Gasteiger partial charge in [-0.05, 0) is 18.2 Å². The molecule has 0 amide bonds. The van der Waals surface area contributed by atoms with Gasteiger partial charge in [-0.3, -0.25) is 4.98 Å². The van der Waals surface area contributed by atoms with E-state index in [1.54, 1.807) is 0 Å². The van der Waals surface area contributed by atoms with Crippen LogP contribution in [0.1, 0.15) is 10.4 Å². The van der Waals surface area contributed by atoms with Gasteiger partial charge >= 0.3 is 12.3 Å². The van der Waals surface area contributed by atoms with Crippen LogP contribution in [0.5, 0.6) is 5.75 Å². The van der Waals surface area contributed by atoms with Gasteiger partial charge in [-0.15, -0.1) is 13.2 Å². The average molecular weight is 332 g/mol. The highest BCUT2D eigenvalue weighted by molar-refractivity contribution is 6.36. The lowest BCUT2D eigenvalue weighted by molar-refractivity contribution is -0.274. The van der Waals surface area contributed by atoms with Gasteiger partial charge in [0.25, 0.3) is 0 Å². The molecule has 0 bridgehead atoms. The van der Waals surface area contributed by atoms with Gasteiger partial charge in [-0.1, -0.05) is 23.7 Å². The minimum Gasteiger partial charge on any atom is -0.465 e. The molecule has 0 saturated carbocycles. The van der Waals surface area contributed by atoms with E-state index in [1.807, 2.05) is 0 Å². The highest BCUT2D eigenvalue weighted by Gasteiger charge is 2.32. The zero-order chi connectivity index (χ0) is 16.3. The Morgan fingerprint density at radius 1 is 1.23 bits per heavy atom. The van der Waals surface area contributed by atoms with Crippen LogP contribution >= 0.6 is 11.6 Å². The van der Waals surface area contributed by atoms with Crippen molar-refractivity contribution < 1.29 is 27.4 Å². The van der Waals surface area contributed by atoms with E-state index in [9.17, 15) is 18.0 Å². The van der Waals surface area contributed by atoms with Crippen molar-refractivity contribution in [2.75, 3.05) is 7.11 Å². The third-order valence-electron chi connectivity index (χ3n) is 2.66. The van der Waals surface area contributed by atoms with Crippen molar-refractivity contribution in [3.63, 3.8) is 0 Å². The Morgan fingerprint density at radius 2 is 1.91 bits per heavy atom. The maximum Gasteiger partial charge on any atom is 0.573 e. The molecule has 0 aliphatic carbocycles. The molecule has 22 heavy (non-hydrogen) atoms. The minimum absolute atomic E-state index is 0.00372. The standard InChI is InChI=1S/C14H9ClF3NO3/c1-21-13(20)9-6-7-19-12(11(9)15)8-4-2-3-5-10(8)22-14(16,17)18/h2-7H,1H3. The lowest BCUT2D eigenvalue weighted by atomic mass is 10.1. The van der Waals surface area contributed by atoms with Crippen molar-refractivity contribution in [2.45, 2.75) is 6.36 Å². The normalized spacial score (nSPS) is 11.1. The topological polar surface area (TPSA) is 48.4 Å². The first kappa shape index (κ1) is 16.1. The highest BCUT2D eigenvalue weighted by atomic mass is 35.5. The first-order valence-corrected chi connectivity index (χ1v) is 6.29. The summed E-state index contributed by atoms with van der Waals surface area (Å²) in [5.41, 5.74) is -0.00373. The maximum absolute atomic E-state index is 12.4. The highest BCUT2D eigenvalue weighted by Crippen LogP contribution is 2.37. The van der Waals surface area contributed by atoms with Crippen molar-refractivity contribution in [2.24, 2.45) is 0 Å². The predicted octanol–water partition coefficient (Wildman–Crippen LogP) is 4.09. The summed E-state index contributed by atoms with van der Waals surface area (Å²) < 4.78 is 45.9. The first-order valence-electron chi connectivity index (χ1n) is 5.91. The van der Waals surface area contributed by atoms with Crippen molar-refractivity contribution in [3.8, 4) is 17.0 Å². The van der Waals surface area contributed by atoms with Crippen molar-refractivity contribution in [1.29, 1.82) is 0 Å². The number of para-hydroxylation sites is 1. The number of rotatable bonds is 3. The summed E-state index contributed by atoms with van der Waals surface area (Å²) in [6, 6.07) is 6.68. The number of pyridine rings is 1. The zero-order valence-corrected chi connectivity index (χ0v) is 11.9. The van der Waals surface area contributed by atoms with E-state index in [2.05, 4.69) is 14.5 Å². The number of alkyl halides is 3. The number of ether oxygens (including phenoxy) is 2. The monoisotopic (exact) mass is 331 g/mol. The number of carbonyl (C=O) groups is 1. The van der Waals surface area contributed by atoms with Gasteiger partial charge in [0.2, 0.25) is 0 Å². The molecule has 116 valence electrons. The van der Waals surface area contributed by atoms with Crippen LogP contribution in [0.2, 0.25) is 5.02 Å². The molecular formula is C14H9ClF3NO3. The molecule has 0 radical (unpaired) electrons. The van der Waals surface area contributed by atoms with E-state index >= 15 is 0 Å². The van der Waals surface area contributed by atoms with Gasteiger partial charge in [0.1, 0.15) is 5.75 Å². The Morgan fingerprint density at radius 3 is 2.55 bits per heavy atom. The number of hydrogen-bond donors (Lipinski definition) is 0. The fraction of sp³-hybridized carbons (Fsp3) is 0.143. The van der Waals surface area contributed by atoms with Crippen LogP contribution in [0.3, 0.4) is 0 Å². The second-order valence-corrected chi connectivity index (χ2v) is 4.43. The third kappa shape index (κ3) is 3.48. The van der Waals surface area contributed by atoms with Gasteiger partial charge in [0.05, 0.1) is 23.4 Å². The van der Waals surface area contributed by atoms with Crippen molar-refractivity contribution >= 4 is 17.6 Å². The molecule has 8 heteroatoms. The molecule has 0 N–H and O–H groups in total. The van der Waals surface area contributed by atoms with Crippen LogP contribution in [0.4, 0.5) is 13.2 Å². The third-order valence-corrected chi connectivity index (χ3v) is 3.04. The van der Waals surface area contributed by atoms with Gasteiger partial charge in [0, 0.05) is 11.8 Å². The van der Waals surface area contributed by atoms with Crippen molar-refractivity contribution in [3.05, 3.63) is 47.1 Å². The molecule has 0 unspecified atom stereocenters. The molecule has 1 heterocycles. The van der Waals surface area contributed by atoms with E-state index in [4.69, 9.17) is 11.6 Å². The summed E-state index contributed by atoms with van der Waals surface area (Å²) in [7, 11) is 1.17. The summed E-state index contributed by atoms with van der Waals surface area (Å²) in [6.07, 6.45) is -3.61. The number of nitrogens with zero attached hydrogens (tertiary/aromatic N) is 1. The number of carbonyl (C=O) groups excluding carboxylic acids is 1. The van der Waals surface area contributed by atoms with Gasteiger partial charge in [-0.2, -0.15) is 0 Å². The fourth-order valence-corrected chi connectivity index (χ4v) is 2.07. The lowest BCUT2D eigenvalue weighted by Gasteiger charge is -2.14. The van der Waals surface area contributed by atoms with E-state index in [0.717, 1.165) is 6.07 Å². The van der Waals surface area contributed by atoms with E-state index < -0.39 is 18.1 Å². The van der Waals surface area contributed by atoms with Crippen LogP contribution in [0.15, 0.2) is 36.5 Å². The molecule has 1 aromatic carbocycles. The summed E-state index contributed by atoms with van der Waals surface area (Å²) in [4.78, 5) is 15.5. The minimum atomic E-state index is -4.86. The molecule has 0 aliphatic rings. The number of methoxy groups -OCH3 is 1. The molecule has 0 spiro atoms. The molecule has 0 atom stereocenters. The fourth-order valence-electron chi connectivity index (χ4n) is 1.78. The molecular weight excluding hydrogens is 323 g/mol. The Labute approximate surface area is 128 Å². The largest absolute Gasteiger partial charge is 0.573 e. The Balaban J connectivity index is 2.56. The molecule has 2 aromatic rings. The van der Waals surface area contributed by atoms with Crippen LogP contribution in [-0.4, -0.2) is 24.4 Å². The first-order chi connectivity index (χ1) is 10.3. The molecule has 0 fully saturated rings. The SMILES string of the molecule is COC(=O)c1ccnc(-c2ccccc2OC(F)(F)F)c1Cl. The van der Waals surface area contributed by atoms with E-state index in [-0.39, 0.29) is 21.8 Å². The van der Waals surface area contributed by atoms with Gasteiger partial charge in [-0.25, -0.2) is 4.79 Å². The summed E-state index contributed by atoms with van der Waals surface area (Å²) in [5.74, 6) is -1.19. The Kier molecular flexibility index (Phi) is 4.56. The van der Waals surface area contributed by atoms with Crippen LogP contribution in [-0.2, 0) is 4.74 Å². The number of hydrogen-bond acceptors (Lipinski definition) is 4. The molecule has 2 rings (SSSR count). The number of esters is 1. The summed E-state index contributed by atoms with van der Waals surface area (Å²) in [5, 5.41) is -0.118. The zero-order valence-electron chi connectivity index (χ0n) is 11.1. The maximum atomic E-state index is 12.4. The van der Waals surface area contributed by atoms with Gasteiger partial charge < -0.3 is 9.47 Å². The number of aromatic nitrogens is 1. The molecule has 1 aromatic heterocycles. The predicted molar refractivity (Wildman–Crippen MR) is 72.7 cm³/mol. The van der Waals surface area contributed by atoms with E-state index in [0.29, 0.717) is 0 Å². The number of benzene rings is 1. The molecule has 4 nitrogen and oxygen atoms in total. The van der Waals surface area contributed by atoms with E-state index in [1.165, 1.54) is 37.6 Å². The second kappa shape index (κ2) is 6.23. The Bertz CT molecular complexity index is 704.